The van der Waals surface area contributed by atoms with Crippen LogP contribution in [0.3, 0.4) is 0 Å². The Balaban J connectivity index is 2.58. The molecule has 0 atom stereocenters. The van der Waals surface area contributed by atoms with Crippen LogP contribution in [0.2, 0.25) is 0 Å². The van der Waals surface area contributed by atoms with Gasteiger partial charge in [-0.25, -0.2) is 8.78 Å². The van der Waals surface area contributed by atoms with Gasteiger partial charge in [-0.3, -0.25) is 0 Å². The molecule has 0 saturated carbocycles. The van der Waals surface area contributed by atoms with E-state index in [0.29, 0.717) is 13.2 Å². The third-order valence-corrected chi connectivity index (χ3v) is 2.27. The number of nitriles is 1. The van der Waals surface area contributed by atoms with Gasteiger partial charge in [-0.2, -0.15) is 5.26 Å². The van der Waals surface area contributed by atoms with E-state index in [9.17, 15) is 8.78 Å². The summed E-state index contributed by atoms with van der Waals surface area (Å²) in [7, 11) is 0. The summed E-state index contributed by atoms with van der Waals surface area (Å²) in [4.78, 5) is 0. The number of fused-ring (bicyclic) bond motifs is 1. The topological polar surface area (TPSA) is 42.2 Å². The van der Waals surface area contributed by atoms with Gasteiger partial charge >= 0.3 is 0 Å². The molecular formula is C11H9F2NO2. The van der Waals surface area contributed by atoms with Crippen LogP contribution in [0.1, 0.15) is 18.1 Å². The average molecular weight is 225 g/mol. The first-order chi connectivity index (χ1) is 7.52. The van der Waals surface area contributed by atoms with Crippen molar-refractivity contribution in [2.75, 3.05) is 13.2 Å². The molecule has 0 fully saturated rings. The lowest BCUT2D eigenvalue weighted by molar-refractivity contribution is 0.0169. The zero-order valence-electron chi connectivity index (χ0n) is 8.59. The Morgan fingerprint density at radius 2 is 2.00 bits per heavy atom. The van der Waals surface area contributed by atoms with Crippen molar-refractivity contribution >= 4 is 0 Å². The second-order valence-electron chi connectivity index (χ2n) is 3.55. The van der Waals surface area contributed by atoms with E-state index in [4.69, 9.17) is 14.7 Å². The fourth-order valence-corrected chi connectivity index (χ4v) is 1.49. The summed E-state index contributed by atoms with van der Waals surface area (Å²) in [6.45, 7) is 1.40. The lowest BCUT2D eigenvalue weighted by Gasteiger charge is -2.21. The normalized spacial score (nSPS) is 14.4. The Morgan fingerprint density at radius 3 is 2.62 bits per heavy atom. The van der Waals surface area contributed by atoms with Crippen LogP contribution in [0, 0.1) is 11.3 Å². The summed E-state index contributed by atoms with van der Waals surface area (Å²) in [5, 5.41) is 8.85. The fourth-order valence-electron chi connectivity index (χ4n) is 1.49. The van der Waals surface area contributed by atoms with Crippen LogP contribution in [0.15, 0.2) is 12.1 Å². The molecule has 3 nitrogen and oxygen atoms in total. The minimum absolute atomic E-state index is 0.0775. The quantitative estimate of drug-likeness (QED) is 0.737. The maximum absolute atomic E-state index is 13.1. The summed E-state index contributed by atoms with van der Waals surface area (Å²) >= 11 is 0. The molecule has 0 aliphatic carbocycles. The smallest absolute Gasteiger partial charge is 0.270 e. The van der Waals surface area contributed by atoms with E-state index in [1.165, 1.54) is 6.07 Å². The minimum atomic E-state index is -3.00. The number of ether oxygens (including phenoxy) is 2. The number of nitrogens with zero attached hydrogens (tertiary/aromatic N) is 1. The molecule has 0 N–H and O–H groups in total. The van der Waals surface area contributed by atoms with Crippen LogP contribution < -0.4 is 9.47 Å². The Hall–Kier alpha value is -1.83. The van der Waals surface area contributed by atoms with Gasteiger partial charge in [0.15, 0.2) is 11.5 Å². The van der Waals surface area contributed by atoms with Crippen molar-refractivity contribution in [3.8, 4) is 17.6 Å². The molecule has 1 heterocycles. The first-order valence-electron chi connectivity index (χ1n) is 4.74. The van der Waals surface area contributed by atoms with Crippen molar-refractivity contribution in [1.82, 2.24) is 0 Å². The summed E-state index contributed by atoms with van der Waals surface area (Å²) in [5.41, 5.74) is -0.165. The molecule has 0 amide bonds. The molecule has 5 heteroatoms. The molecule has 0 aromatic heterocycles. The maximum Gasteiger partial charge on any atom is 0.270 e. The average Bonchev–Trinajstić information content (AvgIpc) is 2.26. The van der Waals surface area contributed by atoms with Gasteiger partial charge in [0.25, 0.3) is 5.92 Å². The maximum atomic E-state index is 13.1. The van der Waals surface area contributed by atoms with E-state index >= 15 is 0 Å². The second kappa shape index (κ2) is 3.63. The largest absolute Gasteiger partial charge is 0.486 e. The third-order valence-electron chi connectivity index (χ3n) is 2.27. The van der Waals surface area contributed by atoms with E-state index in [2.05, 4.69) is 0 Å². The van der Waals surface area contributed by atoms with Gasteiger partial charge in [-0.05, 0) is 12.1 Å². The van der Waals surface area contributed by atoms with Gasteiger partial charge in [0, 0.05) is 12.5 Å². The first-order valence-corrected chi connectivity index (χ1v) is 4.74. The lowest BCUT2D eigenvalue weighted by Crippen LogP contribution is -2.18. The number of benzene rings is 1. The van der Waals surface area contributed by atoms with E-state index < -0.39 is 5.92 Å². The minimum Gasteiger partial charge on any atom is -0.486 e. The molecular weight excluding hydrogens is 216 g/mol. The van der Waals surface area contributed by atoms with Gasteiger partial charge in [-0.15, -0.1) is 0 Å². The van der Waals surface area contributed by atoms with E-state index in [1.807, 2.05) is 6.07 Å². The first kappa shape index (κ1) is 10.7. The summed E-state index contributed by atoms with van der Waals surface area (Å²) < 4.78 is 36.7. The molecule has 0 saturated heterocycles. The predicted molar refractivity (Wildman–Crippen MR) is 51.7 cm³/mol. The van der Waals surface area contributed by atoms with Gasteiger partial charge in [-0.1, -0.05) is 0 Å². The monoisotopic (exact) mass is 225 g/mol. The highest BCUT2D eigenvalue weighted by molar-refractivity contribution is 5.56. The van der Waals surface area contributed by atoms with Crippen LogP contribution in [0.5, 0.6) is 11.5 Å². The standard InChI is InChI=1S/C11H9F2NO2/c1-11(12,13)8-4-7(6-14)10-9(5-8)15-2-3-16-10/h4-5H,2-3H2,1H3. The molecule has 1 aromatic rings. The summed E-state index contributed by atoms with van der Waals surface area (Å²) in [5.74, 6) is -2.54. The van der Waals surface area contributed by atoms with Gasteiger partial charge < -0.3 is 9.47 Å². The highest BCUT2D eigenvalue weighted by Crippen LogP contribution is 2.39. The molecule has 0 radical (unpaired) electrons. The zero-order valence-corrected chi connectivity index (χ0v) is 8.59. The van der Waals surface area contributed by atoms with Crippen molar-refractivity contribution in [3.05, 3.63) is 23.3 Å². The van der Waals surface area contributed by atoms with Crippen molar-refractivity contribution in [2.24, 2.45) is 0 Å². The number of halogens is 2. The third kappa shape index (κ3) is 1.78. The van der Waals surface area contributed by atoms with E-state index in [1.54, 1.807) is 0 Å². The summed E-state index contributed by atoms with van der Waals surface area (Å²) in [6, 6.07) is 4.18. The van der Waals surface area contributed by atoms with E-state index in [0.717, 1.165) is 13.0 Å². The van der Waals surface area contributed by atoms with Crippen molar-refractivity contribution < 1.29 is 18.3 Å². The molecule has 0 bridgehead atoms. The van der Waals surface area contributed by atoms with Crippen LogP contribution in [-0.4, -0.2) is 13.2 Å². The molecule has 1 aliphatic rings. The van der Waals surface area contributed by atoms with Gasteiger partial charge in [0.2, 0.25) is 0 Å². The molecule has 1 aromatic carbocycles. The Bertz CT molecular complexity index is 460. The molecule has 1 aliphatic heterocycles. The van der Waals surface area contributed by atoms with Crippen LogP contribution >= 0.6 is 0 Å². The molecule has 2 rings (SSSR count). The van der Waals surface area contributed by atoms with Crippen molar-refractivity contribution in [2.45, 2.75) is 12.8 Å². The van der Waals surface area contributed by atoms with Gasteiger partial charge in [0.1, 0.15) is 19.3 Å². The predicted octanol–water partition coefficient (Wildman–Crippen LogP) is 2.44. The fraction of sp³-hybridized carbons (Fsp3) is 0.364. The van der Waals surface area contributed by atoms with Crippen LogP contribution in [0.25, 0.3) is 0 Å². The highest BCUT2D eigenvalue weighted by Gasteiger charge is 2.28. The Morgan fingerprint density at radius 1 is 1.31 bits per heavy atom. The Labute approximate surface area is 91.2 Å². The van der Waals surface area contributed by atoms with Crippen molar-refractivity contribution in [1.29, 1.82) is 5.26 Å². The molecule has 0 unspecified atom stereocenters. The second-order valence-corrected chi connectivity index (χ2v) is 3.55. The lowest BCUT2D eigenvalue weighted by atomic mass is 10.0. The SMILES string of the molecule is CC(F)(F)c1cc(C#N)c2c(c1)OCCO2. The number of hydrogen-bond donors (Lipinski definition) is 0. The number of rotatable bonds is 1. The van der Waals surface area contributed by atoms with Crippen molar-refractivity contribution in [3.63, 3.8) is 0 Å². The number of alkyl halides is 2. The van der Waals surface area contributed by atoms with Crippen LogP contribution in [-0.2, 0) is 5.92 Å². The number of hydrogen-bond acceptors (Lipinski definition) is 3. The van der Waals surface area contributed by atoms with Gasteiger partial charge in [0.05, 0.1) is 5.56 Å². The summed E-state index contributed by atoms with van der Waals surface area (Å²) in [6.07, 6.45) is 0. The van der Waals surface area contributed by atoms with E-state index in [-0.39, 0.29) is 22.6 Å². The molecule has 0 spiro atoms. The van der Waals surface area contributed by atoms with Crippen LogP contribution in [0.4, 0.5) is 8.78 Å². The molecule has 84 valence electrons. The highest BCUT2D eigenvalue weighted by atomic mass is 19.3. The molecule has 16 heavy (non-hydrogen) atoms. The Kier molecular flexibility index (Phi) is 2.43. The zero-order chi connectivity index (χ0) is 11.8.